The second kappa shape index (κ2) is 5.41. The topological polar surface area (TPSA) is 70.2 Å². The number of nitro groups is 1. The summed E-state index contributed by atoms with van der Waals surface area (Å²) in [6, 6.07) is 14.0. The Hall–Kier alpha value is -2.87. The molecule has 5 heteroatoms. The molecule has 0 aliphatic carbocycles. The molecule has 5 nitrogen and oxygen atoms in total. The van der Waals surface area contributed by atoms with Gasteiger partial charge in [-0.05, 0) is 30.7 Å². The van der Waals surface area contributed by atoms with Crippen molar-refractivity contribution in [3.63, 3.8) is 0 Å². The molecule has 2 aromatic carbocycles. The van der Waals surface area contributed by atoms with Crippen molar-refractivity contribution in [2.45, 2.75) is 6.92 Å². The maximum absolute atomic E-state index is 11.1. The quantitative estimate of drug-likeness (QED) is 0.630. The number of nitro benzene ring substituents is 1. The molecule has 2 rings (SSSR count). The highest BCUT2D eigenvalue weighted by atomic mass is 16.6. The third-order valence-electron chi connectivity index (χ3n) is 3.07. The molecule has 0 saturated heterocycles. The van der Waals surface area contributed by atoms with Gasteiger partial charge in [-0.3, -0.25) is 10.1 Å². The van der Waals surface area contributed by atoms with Gasteiger partial charge in [0.25, 0.3) is 5.69 Å². The van der Waals surface area contributed by atoms with Crippen molar-refractivity contribution < 1.29 is 4.92 Å². The van der Waals surface area contributed by atoms with Crippen molar-refractivity contribution in [3.8, 4) is 6.07 Å². The van der Waals surface area contributed by atoms with Crippen LogP contribution >= 0.6 is 0 Å². The van der Waals surface area contributed by atoms with Crippen LogP contribution in [0.25, 0.3) is 0 Å². The second-order valence-corrected chi connectivity index (χ2v) is 4.44. The van der Waals surface area contributed by atoms with E-state index in [-0.39, 0.29) is 5.69 Å². The number of benzene rings is 2. The molecule has 0 amide bonds. The van der Waals surface area contributed by atoms with E-state index in [0.29, 0.717) is 16.9 Å². The number of anilines is 2. The Balaban J connectivity index is 2.59. The van der Waals surface area contributed by atoms with Gasteiger partial charge < -0.3 is 4.90 Å². The van der Waals surface area contributed by atoms with Crippen molar-refractivity contribution in [3.05, 3.63) is 63.7 Å². The van der Waals surface area contributed by atoms with Crippen LogP contribution in [0.3, 0.4) is 0 Å². The molecular formula is C15H13N3O2. The second-order valence-electron chi connectivity index (χ2n) is 4.44. The van der Waals surface area contributed by atoms with Crippen LogP contribution in [0.5, 0.6) is 0 Å². The molecule has 2 aromatic rings. The van der Waals surface area contributed by atoms with Crippen LogP contribution in [0.4, 0.5) is 17.1 Å². The van der Waals surface area contributed by atoms with E-state index in [4.69, 9.17) is 5.26 Å². The summed E-state index contributed by atoms with van der Waals surface area (Å²) >= 11 is 0. The Morgan fingerprint density at radius 2 is 1.90 bits per heavy atom. The van der Waals surface area contributed by atoms with Gasteiger partial charge in [-0.25, -0.2) is 0 Å². The molecule has 0 heterocycles. The largest absolute Gasteiger partial charge is 0.338 e. The Morgan fingerprint density at radius 3 is 2.55 bits per heavy atom. The van der Waals surface area contributed by atoms with E-state index in [1.807, 2.05) is 6.92 Å². The smallest absolute Gasteiger partial charge is 0.292 e. The zero-order chi connectivity index (χ0) is 14.7. The van der Waals surface area contributed by atoms with Crippen molar-refractivity contribution >= 4 is 17.1 Å². The molecule has 0 aromatic heterocycles. The van der Waals surface area contributed by atoms with E-state index in [1.165, 1.54) is 6.07 Å². The Labute approximate surface area is 116 Å². The summed E-state index contributed by atoms with van der Waals surface area (Å²) < 4.78 is 0. The van der Waals surface area contributed by atoms with Crippen LogP contribution < -0.4 is 4.90 Å². The van der Waals surface area contributed by atoms with Crippen molar-refractivity contribution in [1.82, 2.24) is 0 Å². The molecule has 0 aliphatic heterocycles. The molecule has 0 saturated carbocycles. The summed E-state index contributed by atoms with van der Waals surface area (Å²) in [5.74, 6) is 0. The van der Waals surface area contributed by atoms with E-state index >= 15 is 0 Å². The summed E-state index contributed by atoms with van der Waals surface area (Å²) in [6.07, 6.45) is 0. The van der Waals surface area contributed by atoms with E-state index < -0.39 is 4.92 Å². The highest BCUT2D eigenvalue weighted by Crippen LogP contribution is 2.34. The maximum Gasteiger partial charge on any atom is 0.292 e. The van der Waals surface area contributed by atoms with E-state index in [0.717, 1.165) is 5.56 Å². The summed E-state index contributed by atoms with van der Waals surface area (Å²) in [7, 11) is 1.72. The number of nitrogens with zero attached hydrogens (tertiary/aromatic N) is 3. The first kappa shape index (κ1) is 13.6. The molecule has 0 bridgehead atoms. The van der Waals surface area contributed by atoms with E-state index in [1.54, 1.807) is 48.3 Å². The van der Waals surface area contributed by atoms with Gasteiger partial charge in [-0.2, -0.15) is 5.26 Å². The minimum absolute atomic E-state index is 0.0193. The Bertz CT molecular complexity index is 705. The van der Waals surface area contributed by atoms with Gasteiger partial charge in [-0.15, -0.1) is 0 Å². The van der Waals surface area contributed by atoms with Gasteiger partial charge in [0.05, 0.1) is 16.2 Å². The summed E-state index contributed by atoms with van der Waals surface area (Å²) in [5, 5.41) is 20.3. The first-order chi connectivity index (χ1) is 9.54. The van der Waals surface area contributed by atoms with Gasteiger partial charge in [0.15, 0.2) is 0 Å². The monoisotopic (exact) mass is 267 g/mol. The average Bonchev–Trinajstić information content (AvgIpc) is 2.46. The number of hydrogen-bond acceptors (Lipinski definition) is 4. The predicted molar refractivity (Wildman–Crippen MR) is 77.1 cm³/mol. The number of para-hydroxylation sites is 1. The lowest BCUT2D eigenvalue weighted by Gasteiger charge is -2.20. The SMILES string of the molecule is Cc1ccc([N+](=O)[O-])c(N(C)c2ccccc2C#N)c1. The van der Waals surface area contributed by atoms with Crippen LogP contribution in [-0.2, 0) is 0 Å². The average molecular weight is 267 g/mol. The van der Waals surface area contributed by atoms with Crippen molar-refractivity contribution in [1.29, 1.82) is 5.26 Å². The first-order valence-electron chi connectivity index (χ1n) is 6.02. The normalized spacial score (nSPS) is 9.85. The van der Waals surface area contributed by atoms with Crippen LogP contribution in [0.1, 0.15) is 11.1 Å². The number of hydrogen-bond donors (Lipinski definition) is 0. The molecule has 0 spiro atoms. The molecule has 0 unspecified atom stereocenters. The Kier molecular flexibility index (Phi) is 3.67. The van der Waals surface area contributed by atoms with Gasteiger partial charge in [0, 0.05) is 13.1 Å². The van der Waals surface area contributed by atoms with Gasteiger partial charge in [-0.1, -0.05) is 18.2 Å². The summed E-state index contributed by atoms with van der Waals surface area (Å²) in [4.78, 5) is 12.4. The number of nitriles is 1. The number of rotatable bonds is 3. The highest BCUT2D eigenvalue weighted by molar-refractivity contribution is 5.75. The van der Waals surface area contributed by atoms with Crippen molar-refractivity contribution in [2.24, 2.45) is 0 Å². The Morgan fingerprint density at radius 1 is 1.20 bits per heavy atom. The summed E-state index contributed by atoms with van der Waals surface area (Å²) in [6.45, 7) is 1.87. The standard InChI is InChI=1S/C15H13N3O2/c1-11-7-8-14(18(19)20)15(9-11)17(2)13-6-4-3-5-12(13)10-16/h3-9H,1-2H3. The van der Waals surface area contributed by atoms with Crippen LogP contribution in [0.15, 0.2) is 42.5 Å². The summed E-state index contributed by atoms with van der Waals surface area (Å²) in [5.41, 5.74) is 2.53. The number of aryl methyl sites for hydroxylation is 1. The molecule has 0 aliphatic rings. The molecule has 0 fully saturated rings. The fourth-order valence-electron chi connectivity index (χ4n) is 2.05. The maximum atomic E-state index is 11.1. The highest BCUT2D eigenvalue weighted by Gasteiger charge is 2.19. The van der Waals surface area contributed by atoms with Crippen LogP contribution in [0.2, 0.25) is 0 Å². The molecule has 0 atom stereocenters. The lowest BCUT2D eigenvalue weighted by Crippen LogP contribution is -2.13. The third kappa shape index (κ3) is 2.45. The van der Waals surface area contributed by atoms with Gasteiger partial charge >= 0.3 is 0 Å². The van der Waals surface area contributed by atoms with Crippen molar-refractivity contribution in [2.75, 3.05) is 11.9 Å². The van der Waals surface area contributed by atoms with E-state index in [9.17, 15) is 10.1 Å². The first-order valence-corrected chi connectivity index (χ1v) is 6.02. The fourth-order valence-corrected chi connectivity index (χ4v) is 2.05. The van der Waals surface area contributed by atoms with Crippen LogP contribution in [-0.4, -0.2) is 12.0 Å². The zero-order valence-electron chi connectivity index (χ0n) is 11.2. The lowest BCUT2D eigenvalue weighted by atomic mass is 10.1. The molecule has 20 heavy (non-hydrogen) atoms. The van der Waals surface area contributed by atoms with Crippen LogP contribution in [0, 0.1) is 28.4 Å². The molecular weight excluding hydrogens is 254 g/mol. The minimum atomic E-state index is -0.416. The molecule has 0 radical (unpaired) electrons. The van der Waals surface area contributed by atoms with Gasteiger partial charge in [0.1, 0.15) is 11.8 Å². The molecule has 100 valence electrons. The molecule has 0 N–H and O–H groups in total. The predicted octanol–water partition coefficient (Wildman–Crippen LogP) is 3.54. The van der Waals surface area contributed by atoms with Gasteiger partial charge in [0.2, 0.25) is 0 Å². The third-order valence-corrected chi connectivity index (χ3v) is 3.07. The van der Waals surface area contributed by atoms with E-state index in [2.05, 4.69) is 6.07 Å². The lowest BCUT2D eigenvalue weighted by molar-refractivity contribution is -0.384. The minimum Gasteiger partial charge on any atom is -0.338 e. The fraction of sp³-hybridized carbons (Fsp3) is 0.133. The zero-order valence-corrected chi connectivity index (χ0v) is 11.2.